The van der Waals surface area contributed by atoms with E-state index in [1.54, 1.807) is 0 Å². The fourth-order valence-corrected chi connectivity index (χ4v) is 1.44. The van der Waals surface area contributed by atoms with Crippen molar-refractivity contribution >= 4 is 11.7 Å². The molecule has 9 heteroatoms. The van der Waals surface area contributed by atoms with Crippen molar-refractivity contribution in [3.05, 3.63) is 33.9 Å². The van der Waals surface area contributed by atoms with Crippen LogP contribution in [-0.2, 0) is 4.79 Å². The van der Waals surface area contributed by atoms with Crippen molar-refractivity contribution in [1.82, 2.24) is 0 Å². The normalized spacial score (nSPS) is 12.8. The highest BCUT2D eigenvalue weighted by Crippen LogP contribution is 2.33. The van der Waals surface area contributed by atoms with E-state index in [9.17, 15) is 28.1 Å². The third kappa shape index (κ3) is 3.59. The zero-order valence-corrected chi connectivity index (χ0v) is 10.2. The molecule has 0 saturated carbocycles. The predicted molar refractivity (Wildman–Crippen MR) is 60.5 cm³/mol. The molecule has 0 spiro atoms. The van der Waals surface area contributed by atoms with Crippen molar-refractivity contribution in [2.45, 2.75) is 13.1 Å². The van der Waals surface area contributed by atoms with E-state index in [2.05, 4.69) is 0 Å². The summed E-state index contributed by atoms with van der Waals surface area (Å²) in [7, 11) is 0. The van der Waals surface area contributed by atoms with Gasteiger partial charge >= 0.3 is 17.8 Å². The molecule has 1 unspecified atom stereocenters. The molecule has 1 N–H and O–H groups in total. The van der Waals surface area contributed by atoms with Crippen LogP contribution >= 0.6 is 0 Å². The van der Waals surface area contributed by atoms with Crippen LogP contribution in [0.5, 0.6) is 5.75 Å². The molecule has 1 aromatic rings. The molecule has 0 aliphatic rings. The van der Waals surface area contributed by atoms with Gasteiger partial charge in [0, 0.05) is 6.07 Å². The Kier molecular flexibility index (Phi) is 4.53. The van der Waals surface area contributed by atoms with E-state index < -0.39 is 35.3 Å². The summed E-state index contributed by atoms with van der Waals surface area (Å²) in [6.45, 7) is 0.177. The quantitative estimate of drug-likeness (QED) is 0.665. The third-order valence-corrected chi connectivity index (χ3v) is 2.48. The lowest BCUT2D eigenvalue weighted by Gasteiger charge is -2.17. The molecule has 1 rings (SSSR count). The molecule has 0 aromatic heterocycles. The van der Waals surface area contributed by atoms with E-state index in [0.717, 1.165) is 6.07 Å². The molecule has 0 amide bonds. The summed E-state index contributed by atoms with van der Waals surface area (Å²) < 4.78 is 42.1. The number of nitro benzene ring substituents is 1. The minimum atomic E-state index is -5.00. The van der Waals surface area contributed by atoms with Gasteiger partial charge in [0.2, 0.25) is 0 Å². The highest BCUT2D eigenvalue weighted by atomic mass is 19.4. The van der Waals surface area contributed by atoms with Crippen LogP contribution in [-0.4, -0.2) is 28.8 Å². The van der Waals surface area contributed by atoms with Gasteiger partial charge in [0.15, 0.2) is 11.7 Å². The monoisotopic (exact) mass is 293 g/mol. The number of benzene rings is 1. The minimum absolute atomic E-state index is 0.241. The number of ether oxygens (including phenoxy) is 1. The van der Waals surface area contributed by atoms with Crippen LogP contribution in [0.2, 0.25) is 0 Å². The number of hydrogen-bond acceptors (Lipinski definition) is 4. The molecular formula is C11H10F3NO5. The molecule has 0 bridgehead atoms. The molecular weight excluding hydrogens is 283 g/mol. The Balaban J connectivity index is 3.00. The fraction of sp³-hybridized carbons (Fsp3) is 0.364. The maximum atomic E-state index is 12.4. The first-order chi connectivity index (χ1) is 9.14. The second-order valence-electron chi connectivity index (χ2n) is 3.92. The molecule has 1 aromatic carbocycles. The van der Waals surface area contributed by atoms with Gasteiger partial charge in [0.05, 0.1) is 4.92 Å². The molecule has 1 atom stereocenters. The topological polar surface area (TPSA) is 89.7 Å². The molecule has 0 fully saturated rings. The number of alkyl halides is 3. The van der Waals surface area contributed by atoms with Crippen LogP contribution in [0.3, 0.4) is 0 Å². The molecule has 20 heavy (non-hydrogen) atoms. The number of nitrogens with zero attached hydrogens (tertiary/aromatic N) is 1. The van der Waals surface area contributed by atoms with Gasteiger partial charge in [-0.1, -0.05) is 12.1 Å². The average molecular weight is 293 g/mol. The summed E-state index contributed by atoms with van der Waals surface area (Å²) in [4.78, 5) is 20.5. The van der Waals surface area contributed by atoms with Crippen LogP contribution in [0.1, 0.15) is 5.56 Å². The van der Waals surface area contributed by atoms with Crippen LogP contribution in [0, 0.1) is 23.0 Å². The first kappa shape index (κ1) is 15.7. The van der Waals surface area contributed by atoms with E-state index in [0.29, 0.717) is 0 Å². The zero-order chi connectivity index (χ0) is 15.5. The van der Waals surface area contributed by atoms with Crippen molar-refractivity contribution in [2.75, 3.05) is 6.61 Å². The summed E-state index contributed by atoms with van der Waals surface area (Å²) in [6, 6.07) is 3.82. The first-order valence-corrected chi connectivity index (χ1v) is 5.31. The molecule has 0 radical (unpaired) electrons. The highest BCUT2D eigenvalue weighted by Gasteiger charge is 2.46. The zero-order valence-electron chi connectivity index (χ0n) is 10.2. The lowest BCUT2D eigenvalue weighted by atomic mass is 10.1. The van der Waals surface area contributed by atoms with Crippen LogP contribution in [0.15, 0.2) is 18.2 Å². The maximum absolute atomic E-state index is 12.4. The highest BCUT2D eigenvalue weighted by molar-refractivity contribution is 5.71. The number of aryl methyl sites for hydroxylation is 1. The van der Waals surface area contributed by atoms with Gasteiger partial charge in [-0.15, -0.1) is 0 Å². The van der Waals surface area contributed by atoms with E-state index in [1.165, 1.54) is 19.1 Å². The van der Waals surface area contributed by atoms with Gasteiger partial charge in [-0.2, -0.15) is 13.2 Å². The van der Waals surface area contributed by atoms with Crippen molar-refractivity contribution in [2.24, 2.45) is 5.92 Å². The third-order valence-electron chi connectivity index (χ3n) is 2.48. The Morgan fingerprint density at radius 3 is 2.55 bits per heavy atom. The van der Waals surface area contributed by atoms with Gasteiger partial charge in [-0.05, 0) is 12.5 Å². The lowest BCUT2D eigenvalue weighted by molar-refractivity contribution is -0.386. The number of rotatable bonds is 5. The number of carbonyl (C=O) groups is 1. The molecule has 0 heterocycles. The molecule has 110 valence electrons. The smallest absolute Gasteiger partial charge is 0.405 e. The van der Waals surface area contributed by atoms with E-state index in [4.69, 9.17) is 9.84 Å². The number of nitro groups is 1. The Hall–Kier alpha value is -2.32. The van der Waals surface area contributed by atoms with E-state index >= 15 is 0 Å². The van der Waals surface area contributed by atoms with Gasteiger partial charge in [0.25, 0.3) is 0 Å². The Labute approximate surface area is 110 Å². The summed E-state index contributed by atoms with van der Waals surface area (Å²) >= 11 is 0. The van der Waals surface area contributed by atoms with Crippen molar-refractivity contribution in [1.29, 1.82) is 0 Å². The van der Waals surface area contributed by atoms with Crippen LogP contribution in [0.4, 0.5) is 18.9 Å². The molecule has 0 aliphatic heterocycles. The Morgan fingerprint density at radius 2 is 2.10 bits per heavy atom. The van der Waals surface area contributed by atoms with Crippen molar-refractivity contribution in [3.8, 4) is 5.75 Å². The molecule has 0 aliphatic carbocycles. The molecule has 6 nitrogen and oxygen atoms in total. The largest absolute Gasteiger partial charge is 0.485 e. The van der Waals surface area contributed by atoms with Gasteiger partial charge < -0.3 is 9.84 Å². The average Bonchev–Trinajstić information content (AvgIpc) is 2.28. The first-order valence-electron chi connectivity index (χ1n) is 5.31. The number of halogens is 3. The second kappa shape index (κ2) is 5.76. The SMILES string of the molecule is Cc1cccc([N+](=O)[O-])c1OCC(C(=O)O)C(F)(F)F. The summed E-state index contributed by atoms with van der Waals surface area (Å²) in [6.07, 6.45) is -5.00. The fourth-order valence-electron chi connectivity index (χ4n) is 1.44. The van der Waals surface area contributed by atoms with Crippen LogP contribution in [0.25, 0.3) is 0 Å². The van der Waals surface area contributed by atoms with Gasteiger partial charge in [0.1, 0.15) is 6.61 Å². The van der Waals surface area contributed by atoms with Gasteiger partial charge in [-0.3, -0.25) is 14.9 Å². The lowest BCUT2D eigenvalue weighted by Crippen LogP contribution is -2.35. The standard InChI is InChI=1S/C11H10F3NO5/c1-6-3-2-4-8(15(18)19)9(6)20-5-7(10(16)17)11(12,13)14/h2-4,7H,5H2,1H3,(H,16,17). The second-order valence-corrected chi connectivity index (χ2v) is 3.92. The number of aliphatic carboxylic acids is 1. The van der Waals surface area contributed by atoms with Crippen molar-refractivity contribution in [3.63, 3.8) is 0 Å². The van der Waals surface area contributed by atoms with Crippen LogP contribution < -0.4 is 4.74 Å². The number of para-hydroxylation sites is 1. The summed E-state index contributed by atoms with van der Waals surface area (Å²) in [5.41, 5.74) is -0.276. The Morgan fingerprint density at radius 1 is 1.50 bits per heavy atom. The number of carboxylic acid groups (broad SMARTS) is 1. The molecule has 0 saturated heterocycles. The number of carboxylic acids is 1. The number of hydrogen-bond donors (Lipinski definition) is 1. The minimum Gasteiger partial charge on any atom is -0.485 e. The van der Waals surface area contributed by atoms with E-state index in [1.807, 2.05) is 0 Å². The summed E-state index contributed by atoms with van der Waals surface area (Å²) in [5.74, 6) is -5.22. The Bertz CT molecular complexity index is 529. The summed E-state index contributed by atoms with van der Waals surface area (Å²) in [5, 5.41) is 19.2. The maximum Gasteiger partial charge on any atom is 0.405 e. The van der Waals surface area contributed by atoms with E-state index in [-0.39, 0.29) is 11.3 Å². The predicted octanol–water partition coefficient (Wildman–Crippen LogP) is 2.55. The van der Waals surface area contributed by atoms with Crippen molar-refractivity contribution < 1.29 is 32.7 Å². The van der Waals surface area contributed by atoms with Gasteiger partial charge in [-0.25, -0.2) is 0 Å².